The standard InChI is InChI=1S/C20H25NO/c1-13-7-8-17(16-10-14(2)9-15(3)11-16)18(12-13)21-19(22)20(4,5)6/h7-12H,1-6H3,(H,21,22). The first-order valence-corrected chi connectivity index (χ1v) is 7.67. The zero-order chi connectivity index (χ0) is 16.5. The maximum absolute atomic E-state index is 12.4. The highest BCUT2D eigenvalue weighted by molar-refractivity contribution is 5.98. The van der Waals surface area contributed by atoms with Crippen LogP contribution in [0.5, 0.6) is 0 Å². The number of anilines is 1. The highest BCUT2D eigenvalue weighted by atomic mass is 16.2. The van der Waals surface area contributed by atoms with Crippen LogP contribution in [0.15, 0.2) is 36.4 Å². The summed E-state index contributed by atoms with van der Waals surface area (Å²) in [5.74, 6) is 0.0312. The summed E-state index contributed by atoms with van der Waals surface area (Å²) in [7, 11) is 0. The fraction of sp³-hybridized carbons (Fsp3) is 0.350. The molecule has 2 aromatic carbocycles. The first-order chi connectivity index (χ1) is 10.2. The number of carbonyl (C=O) groups is 1. The van der Waals surface area contributed by atoms with Crippen molar-refractivity contribution < 1.29 is 4.79 Å². The molecule has 2 aromatic rings. The third-order valence-corrected chi connectivity index (χ3v) is 3.64. The fourth-order valence-corrected chi connectivity index (χ4v) is 2.45. The number of benzene rings is 2. The topological polar surface area (TPSA) is 29.1 Å². The van der Waals surface area contributed by atoms with E-state index in [2.05, 4.69) is 49.5 Å². The van der Waals surface area contributed by atoms with Crippen LogP contribution in [-0.2, 0) is 4.79 Å². The molecular weight excluding hydrogens is 270 g/mol. The Balaban J connectivity index is 2.50. The molecule has 22 heavy (non-hydrogen) atoms. The van der Waals surface area contributed by atoms with Gasteiger partial charge < -0.3 is 5.32 Å². The van der Waals surface area contributed by atoms with Gasteiger partial charge in [-0.3, -0.25) is 4.79 Å². The molecule has 0 saturated carbocycles. The monoisotopic (exact) mass is 295 g/mol. The summed E-state index contributed by atoms with van der Waals surface area (Å²) in [5.41, 5.74) is 6.26. The van der Waals surface area contributed by atoms with Crippen molar-refractivity contribution in [1.29, 1.82) is 0 Å². The highest BCUT2D eigenvalue weighted by Gasteiger charge is 2.22. The fourth-order valence-electron chi connectivity index (χ4n) is 2.45. The molecule has 0 heterocycles. The molecule has 0 aliphatic rings. The third-order valence-electron chi connectivity index (χ3n) is 3.64. The molecule has 1 amide bonds. The van der Waals surface area contributed by atoms with Crippen molar-refractivity contribution >= 4 is 11.6 Å². The summed E-state index contributed by atoms with van der Waals surface area (Å²) in [5, 5.41) is 3.09. The van der Waals surface area contributed by atoms with Crippen molar-refractivity contribution in [3.8, 4) is 11.1 Å². The van der Waals surface area contributed by atoms with Crippen LogP contribution in [0.3, 0.4) is 0 Å². The smallest absolute Gasteiger partial charge is 0.229 e. The van der Waals surface area contributed by atoms with Gasteiger partial charge in [0.1, 0.15) is 0 Å². The number of amides is 1. The van der Waals surface area contributed by atoms with E-state index in [1.807, 2.05) is 33.8 Å². The van der Waals surface area contributed by atoms with Gasteiger partial charge in [-0.2, -0.15) is 0 Å². The summed E-state index contributed by atoms with van der Waals surface area (Å²) in [4.78, 5) is 12.4. The summed E-state index contributed by atoms with van der Waals surface area (Å²) in [6, 6.07) is 12.7. The van der Waals surface area contributed by atoms with E-state index in [0.717, 1.165) is 22.4 Å². The summed E-state index contributed by atoms with van der Waals surface area (Å²) in [6.45, 7) is 12.0. The van der Waals surface area contributed by atoms with Gasteiger partial charge >= 0.3 is 0 Å². The van der Waals surface area contributed by atoms with E-state index in [4.69, 9.17) is 0 Å². The Morgan fingerprint density at radius 3 is 2.00 bits per heavy atom. The normalized spacial score (nSPS) is 11.4. The van der Waals surface area contributed by atoms with Gasteiger partial charge in [0.15, 0.2) is 0 Å². The number of hydrogen-bond acceptors (Lipinski definition) is 1. The second-order valence-corrected chi connectivity index (χ2v) is 7.13. The molecule has 2 rings (SSSR count). The number of nitrogens with one attached hydrogen (secondary N) is 1. The van der Waals surface area contributed by atoms with E-state index in [-0.39, 0.29) is 5.91 Å². The molecule has 0 fully saturated rings. The molecule has 0 saturated heterocycles. The van der Waals surface area contributed by atoms with Crippen LogP contribution in [-0.4, -0.2) is 5.91 Å². The minimum atomic E-state index is -0.413. The van der Waals surface area contributed by atoms with Gasteiger partial charge in [0.25, 0.3) is 0 Å². The van der Waals surface area contributed by atoms with Crippen molar-refractivity contribution in [2.45, 2.75) is 41.5 Å². The van der Waals surface area contributed by atoms with E-state index in [9.17, 15) is 4.79 Å². The Morgan fingerprint density at radius 1 is 0.864 bits per heavy atom. The van der Waals surface area contributed by atoms with Crippen LogP contribution in [0.4, 0.5) is 5.69 Å². The lowest BCUT2D eigenvalue weighted by atomic mass is 9.94. The molecule has 2 heteroatoms. The van der Waals surface area contributed by atoms with E-state index < -0.39 is 5.41 Å². The largest absolute Gasteiger partial charge is 0.325 e. The Kier molecular flexibility index (Phi) is 4.41. The van der Waals surface area contributed by atoms with Crippen molar-refractivity contribution in [2.24, 2.45) is 5.41 Å². The highest BCUT2D eigenvalue weighted by Crippen LogP contribution is 2.31. The van der Waals surface area contributed by atoms with E-state index >= 15 is 0 Å². The third kappa shape index (κ3) is 3.76. The SMILES string of the molecule is Cc1cc(C)cc(-c2ccc(C)cc2NC(=O)C(C)(C)C)c1. The second kappa shape index (κ2) is 5.96. The molecule has 0 unspecified atom stereocenters. The summed E-state index contributed by atoms with van der Waals surface area (Å²) in [6.07, 6.45) is 0. The van der Waals surface area contributed by atoms with Crippen LogP contribution >= 0.6 is 0 Å². The zero-order valence-corrected chi connectivity index (χ0v) is 14.4. The van der Waals surface area contributed by atoms with Gasteiger partial charge in [-0.15, -0.1) is 0 Å². The van der Waals surface area contributed by atoms with Gasteiger partial charge in [-0.05, 0) is 38.0 Å². The average molecular weight is 295 g/mol. The molecule has 0 spiro atoms. The Bertz CT molecular complexity index is 688. The quantitative estimate of drug-likeness (QED) is 0.804. The molecule has 0 aliphatic heterocycles. The Labute approximate surface area is 133 Å². The van der Waals surface area contributed by atoms with Gasteiger partial charge in [-0.25, -0.2) is 0 Å². The Morgan fingerprint density at radius 2 is 1.45 bits per heavy atom. The molecule has 2 nitrogen and oxygen atoms in total. The molecule has 116 valence electrons. The van der Waals surface area contributed by atoms with Crippen molar-refractivity contribution in [3.05, 3.63) is 53.1 Å². The second-order valence-electron chi connectivity index (χ2n) is 7.13. The summed E-state index contributed by atoms with van der Waals surface area (Å²) < 4.78 is 0. The number of carbonyl (C=O) groups excluding carboxylic acids is 1. The molecule has 0 atom stereocenters. The molecule has 0 bridgehead atoms. The maximum Gasteiger partial charge on any atom is 0.229 e. The molecule has 0 aromatic heterocycles. The maximum atomic E-state index is 12.4. The van der Waals surface area contributed by atoms with E-state index in [0.29, 0.717) is 0 Å². The lowest BCUT2D eigenvalue weighted by Crippen LogP contribution is -2.27. The first-order valence-electron chi connectivity index (χ1n) is 7.67. The van der Waals surface area contributed by atoms with Crippen LogP contribution in [0, 0.1) is 26.2 Å². The zero-order valence-electron chi connectivity index (χ0n) is 14.4. The lowest BCUT2D eigenvalue weighted by molar-refractivity contribution is -0.123. The van der Waals surface area contributed by atoms with Crippen LogP contribution in [0.1, 0.15) is 37.5 Å². The van der Waals surface area contributed by atoms with Gasteiger partial charge in [0.05, 0.1) is 0 Å². The van der Waals surface area contributed by atoms with E-state index in [1.54, 1.807) is 0 Å². The van der Waals surface area contributed by atoms with Crippen LogP contribution < -0.4 is 5.32 Å². The minimum Gasteiger partial charge on any atom is -0.325 e. The molecule has 0 aliphatic carbocycles. The van der Waals surface area contributed by atoms with Crippen molar-refractivity contribution in [1.82, 2.24) is 0 Å². The van der Waals surface area contributed by atoms with E-state index in [1.165, 1.54) is 11.1 Å². The predicted molar refractivity (Wildman–Crippen MR) is 94.2 cm³/mol. The van der Waals surface area contributed by atoms with Crippen molar-refractivity contribution in [2.75, 3.05) is 5.32 Å². The molecule has 1 N–H and O–H groups in total. The van der Waals surface area contributed by atoms with Gasteiger partial charge in [0, 0.05) is 16.7 Å². The predicted octanol–water partition coefficient (Wildman–Crippen LogP) is 5.26. The molecule has 0 radical (unpaired) electrons. The van der Waals surface area contributed by atoms with Gasteiger partial charge in [0.2, 0.25) is 5.91 Å². The average Bonchev–Trinajstić information content (AvgIpc) is 2.36. The van der Waals surface area contributed by atoms with Crippen molar-refractivity contribution in [3.63, 3.8) is 0 Å². The van der Waals surface area contributed by atoms with Crippen LogP contribution in [0.2, 0.25) is 0 Å². The number of aryl methyl sites for hydroxylation is 3. The number of rotatable bonds is 2. The minimum absolute atomic E-state index is 0.0312. The van der Waals surface area contributed by atoms with Gasteiger partial charge in [-0.1, -0.05) is 62.2 Å². The number of hydrogen-bond donors (Lipinski definition) is 1. The first kappa shape index (κ1) is 16.3. The lowest BCUT2D eigenvalue weighted by Gasteiger charge is -2.20. The summed E-state index contributed by atoms with van der Waals surface area (Å²) >= 11 is 0. The Hall–Kier alpha value is -2.09. The van der Waals surface area contributed by atoms with Crippen LogP contribution in [0.25, 0.3) is 11.1 Å². The molecular formula is C20H25NO.